The number of benzene rings is 1. The summed E-state index contributed by atoms with van der Waals surface area (Å²) in [6.45, 7) is 4.24. The third kappa shape index (κ3) is 6.03. The highest BCUT2D eigenvalue weighted by Gasteiger charge is 2.18. The number of carbonyl (C=O) groups is 1. The molecule has 0 aromatic heterocycles. The van der Waals surface area contributed by atoms with Crippen molar-refractivity contribution in [3.05, 3.63) is 34.9 Å². The second-order valence-corrected chi connectivity index (χ2v) is 7.52. The van der Waals surface area contributed by atoms with E-state index in [0.717, 1.165) is 11.8 Å². The zero-order chi connectivity index (χ0) is 16.0. The molecule has 1 N–H and O–H groups in total. The molecule has 118 valence electrons. The SMILES string of the molecule is CC(C)C(=O)NCCN(Cc1ccccc1Cl)S(C)(=O)=O. The summed E-state index contributed by atoms with van der Waals surface area (Å²) in [5, 5.41) is 3.23. The first kappa shape index (κ1) is 17.9. The lowest BCUT2D eigenvalue weighted by Gasteiger charge is -2.21. The minimum absolute atomic E-state index is 0.0961. The van der Waals surface area contributed by atoms with Gasteiger partial charge in [0.1, 0.15) is 0 Å². The highest BCUT2D eigenvalue weighted by Crippen LogP contribution is 2.18. The summed E-state index contributed by atoms with van der Waals surface area (Å²) >= 11 is 6.05. The van der Waals surface area contributed by atoms with E-state index < -0.39 is 10.0 Å². The van der Waals surface area contributed by atoms with Crippen molar-refractivity contribution in [1.82, 2.24) is 9.62 Å². The van der Waals surface area contributed by atoms with E-state index in [1.165, 1.54) is 4.31 Å². The van der Waals surface area contributed by atoms with Crippen LogP contribution in [-0.4, -0.2) is 38.0 Å². The maximum Gasteiger partial charge on any atom is 0.222 e. The van der Waals surface area contributed by atoms with Crippen LogP contribution in [0.5, 0.6) is 0 Å². The Balaban J connectivity index is 2.70. The first-order valence-electron chi connectivity index (χ1n) is 6.68. The third-order valence-corrected chi connectivity index (χ3v) is 4.58. The smallest absolute Gasteiger partial charge is 0.222 e. The van der Waals surface area contributed by atoms with E-state index in [0.29, 0.717) is 5.02 Å². The fourth-order valence-electron chi connectivity index (χ4n) is 1.69. The van der Waals surface area contributed by atoms with Crippen molar-refractivity contribution < 1.29 is 13.2 Å². The summed E-state index contributed by atoms with van der Waals surface area (Å²) in [5.41, 5.74) is 0.736. The van der Waals surface area contributed by atoms with E-state index in [1.54, 1.807) is 32.0 Å². The Labute approximate surface area is 131 Å². The molecule has 7 heteroatoms. The molecule has 1 rings (SSSR count). The Kier molecular flexibility index (Phi) is 6.64. The molecule has 0 fully saturated rings. The molecular formula is C14H21ClN2O3S. The Morgan fingerprint density at radius 3 is 2.48 bits per heavy atom. The predicted octanol–water partition coefficient (Wildman–Crippen LogP) is 1.87. The van der Waals surface area contributed by atoms with Crippen LogP contribution in [0.4, 0.5) is 0 Å². The summed E-state index contributed by atoms with van der Waals surface area (Å²) < 4.78 is 25.0. The zero-order valence-electron chi connectivity index (χ0n) is 12.5. The summed E-state index contributed by atoms with van der Waals surface area (Å²) in [5.74, 6) is -0.221. The molecule has 1 aromatic rings. The Hall–Kier alpha value is -1.11. The molecule has 1 amide bonds. The molecule has 0 bridgehead atoms. The van der Waals surface area contributed by atoms with Gasteiger partial charge >= 0.3 is 0 Å². The van der Waals surface area contributed by atoms with Gasteiger partial charge in [0, 0.05) is 30.6 Å². The number of sulfonamides is 1. The molecule has 0 heterocycles. The van der Waals surface area contributed by atoms with Gasteiger partial charge in [0.2, 0.25) is 15.9 Å². The van der Waals surface area contributed by atoms with E-state index in [-0.39, 0.29) is 31.5 Å². The van der Waals surface area contributed by atoms with E-state index in [2.05, 4.69) is 5.32 Å². The number of nitrogens with one attached hydrogen (secondary N) is 1. The van der Waals surface area contributed by atoms with Gasteiger partial charge in [-0.2, -0.15) is 4.31 Å². The average molecular weight is 333 g/mol. The zero-order valence-corrected chi connectivity index (χ0v) is 14.0. The molecule has 0 unspecified atom stereocenters. The number of halogens is 1. The van der Waals surface area contributed by atoms with Crippen LogP contribution in [0.25, 0.3) is 0 Å². The van der Waals surface area contributed by atoms with Crippen molar-refractivity contribution in [2.45, 2.75) is 20.4 Å². The van der Waals surface area contributed by atoms with Crippen LogP contribution in [0.3, 0.4) is 0 Å². The summed E-state index contributed by atoms with van der Waals surface area (Å²) in [6, 6.07) is 7.10. The summed E-state index contributed by atoms with van der Waals surface area (Å²) in [7, 11) is -3.37. The minimum atomic E-state index is -3.37. The molecule has 0 spiro atoms. The maximum absolute atomic E-state index is 11.8. The van der Waals surface area contributed by atoms with E-state index in [4.69, 9.17) is 11.6 Å². The highest BCUT2D eigenvalue weighted by atomic mass is 35.5. The second kappa shape index (κ2) is 7.77. The lowest BCUT2D eigenvalue weighted by molar-refractivity contribution is -0.123. The van der Waals surface area contributed by atoms with Crippen LogP contribution in [0.2, 0.25) is 5.02 Å². The first-order chi connectivity index (χ1) is 9.71. The number of hydrogen-bond acceptors (Lipinski definition) is 3. The van der Waals surface area contributed by atoms with Gasteiger partial charge in [-0.05, 0) is 11.6 Å². The molecule has 0 atom stereocenters. The molecule has 5 nitrogen and oxygen atoms in total. The molecule has 0 aliphatic carbocycles. The summed E-state index contributed by atoms with van der Waals surface area (Å²) in [6.07, 6.45) is 1.15. The lowest BCUT2D eigenvalue weighted by Crippen LogP contribution is -2.38. The maximum atomic E-state index is 11.8. The fraction of sp³-hybridized carbons (Fsp3) is 0.500. The van der Waals surface area contributed by atoms with Gasteiger partial charge in [0.15, 0.2) is 0 Å². The van der Waals surface area contributed by atoms with Gasteiger partial charge in [0.05, 0.1) is 6.26 Å². The molecule has 0 saturated carbocycles. The normalized spacial score (nSPS) is 11.9. The van der Waals surface area contributed by atoms with Crippen LogP contribution in [-0.2, 0) is 21.4 Å². The topological polar surface area (TPSA) is 66.5 Å². The number of nitrogens with zero attached hydrogens (tertiary/aromatic N) is 1. The van der Waals surface area contributed by atoms with Crippen molar-refractivity contribution in [3.63, 3.8) is 0 Å². The van der Waals surface area contributed by atoms with Crippen molar-refractivity contribution in [2.24, 2.45) is 5.92 Å². The number of carbonyl (C=O) groups excluding carboxylic acids is 1. The number of amides is 1. The van der Waals surface area contributed by atoms with Gasteiger partial charge in [-0.25, -0.2) is 8.42 Å². The first-order valence-corrected chi connectivity index (χ1v) is 8.90. The monoisotopic (exact) mass is 332 g/mol. The van der Waals surface area contributed by atoms with Gasteiger partial charge in [-0.3, -0.25) is 4.79 Å². The Morgan fingerprint density at radius 2 is 1.95 bits per heavy atom. The van der Waals surface area contributed by atoms with Crippen LogP contribution in [0, 0.1) is 5.92 Å². The van der Waals surface area contributed by atoms with Crippen LogP contribution in [0.1, 0.15) is 19.4 Å². The van der Waals surface area contributed by atoms with Gasteiger partial charge in [-0.1, -0.05) is 43.6 Å². The molecule has 21 heavy (non-hydrogen) atoms. The quantitative estimate of drug-likeness (QED) is 0.829. The van der Waals surface area contributed by atoms with Gasteiger partial charge in [-0.15, -0.1) is 0 Å². The third-order valence-electron chi connectivity index (χ3n) is 2.96. The molecule has 0 aliphatic rings. The lowest BCUT2D eigenvalue weighted by atomic mass is 10.2. The van der Waals surface area contributed by atoms with Crippen molar-refractivity contribution >= 4 is 27.5 Å². The summed E-state index contributed by atoms with van der Waals surface area (Å²) in [4.78, 5) is 11.5. The van der Waals surface area contributed by atoms with E-state index in [1.807, 2.05) is 6.07 Å². The fourth-order valence-corrected chi connectivity index (χ4v) is 2.68. The average Bonchev–Trinajstić information content (AvgIpc) is 2.38. The molecule has 0 aliphatic heterocycles. The van der Waals surface area contributed by atoms with Crippen molar-refractivity contribution in [1.29, 1.82) is 0 Å². The van der Waals surface area contributed by atoms with Crippen LogP contribution >= 0.6 is 11.6 Å². The minimum Gasteiger partial charge on any atom is -0.355 e. The molecule has 0 radical (unpaired) electrons. The van der Waals surface area contributed by atoms with Gasteiger partial charge in [0.25, 0.3) is 0 Å². The number of hydrogen-bond donors (Lipinski definition) is 1. The number of rotatable bonds is 7. The predicted molar refractivity (Wildman–Crippen MR) is 84.6 cm³/mol. The molecule has 0 saturated heterocycles. The Bertz CT molecular complexity index is 588. The highest BCUT2D eigenvalue weighted by molar-refractivity contribution is 7.88. The van der Waals surface area contributed by atoms with Gasteiger partial charge < -0.3 is 5.32 Å². The van der Waals surface area contributed by atoms with Crippen LogP contribution in [0.15, 0.2) is 24.3 Å². The largest absolute Gasteiger partial charge is 0.355 e. The van der Waals surface area contributed by atoms with Crippen LogP contribution < -0.4 is 5.32 Å². The van der Waals surface area contributed by atoms with E-state index >= 15 is 0 Å². The molecular weight excluding hydrogens is 312 g/mol. The van der Waals surface area contributed by atoms with E-state index in [9.17, 15) is 13.2 Å². The van der Waals surface area contributed by atoms with Crippen molar-refractivity contribution in [2.75, 3.05) is 19.3 Å². The van der Waals surface area contributed by atoms with Crippen molar-refractivity contribution in [3.8, 4) is 0 Å². The standard InChI is InChI=1S/C14H21ClN2O3S/c1-11(2)14(18)16-8-9-17(21(3,19)20)10-12-6-4-5-7-13(12)15/h4-7,11H,8-10H2,1-3H3,(H,16,18). The second-order valence-electron chi connectivity index (χ2n) is 5.13. The Morgan fingerprint density at radius 1 is 1.33 bits per heavy atom. The molecule has 1 aromatic carbocycles.